The van der Waals surface area contributed by atoms with Crippen molar-refractivity contribution >= 4 is 11.8 Å². The summed E-state index contributed by atoms with van der Waals surface area (Å²) in [6, 6.07) is 14.0. The molecule has 2 aromatic carbocycles. The molecule has 1 aliphatic rings. The second kappa shape index (κ2) is 6.41. The molecule has 0 spiro atoms. The maximum Gasteiger partial charge on any atom is 0.162 e. The normalized spacial score (nSPS) is 15.3. The highest BCUT2D eigenvalue weighted by Crippen LogP contribution is 2.36. The maximum absolute atomic E-state index is 9.53. The Bertz CT molecular complexity index is 608. The molecule has 1 atom stereocenters. The number of ether oxygens (including phenoxy) is 2. The van der Waals surface area contributed by atoms with Crippen LogP contribution in [-0.4, -0.2) is 18.3 Å². The van der Waals surface area contributed by atoms with Gasteiger partial charge in [0.15, 0.2) is 11.5 Å². The standard InChI is InChI=1S/C17H18O3S/c1-12(18)13-3-5-14(6-4-13)21-15-7-8-16-17(11-15)20-10-2-9-19-16/h3-8,11-12,18H,2,9-10H2,1H3/t12-/m0/s1. The van der Waals surface area contributed by atoms with Gasteiger partial charge in [0, 0.05) is 16.2 Å². The molecular weight excluding hydrogens is 284 g/mol. The molecule has 0 aliphatic carbocycles. The van der Waals surface area contributed by atoms with Gasteiger partial charge in [0.1, 0.15) is 0 Å². The summed E-state index contributed by atoms with van der Waals surface area (Å²) in [7, 11) is 0. The molecular formula is C17H18O3S. The minimum Gasteiger partial charge on any atom is -0.490 e. The van der Waals surface area contributed by atoms with Crippen LogP contribution in [0.1, 0.15) is 25.0 Å². The van der Waals surface area contributed by atoms with Crippen molar-refractivity contribution < 1.29 is 14.6 Å². The summed E-state index contributed by atoms with van der Waals surface area (Å²) in [6.07, 6.45) is 0.486. The van der Waals surface area contributed by atoms with Crippen molar-refractivity contribution in [3.63, 3.8) is 0 Å². The lowest BCUT2D eigenvalue weighted by molar-refractivity contribution is 0.199. The molecule has 110 valence electrons. The Morgan fingerprint density at radius 2 is 1.62 bits per heavy atom. The van der Waals surface area contributed by atoms with Gasteiger partial charge in [-0.2, -0.15) is 0 Å². The van der Waals surface area contributed by atoms with E-state index in [1.807, 2.05) is 42.5 Å². The molecule has 3 nitrogen and oxygen atoms in total. The smallest absolute Gasteiger partial charge is 0.162 e. The van der Waals surface area contributed by atoms with Crippen LogP contribution in [0.2, 0.25) is 0 Å². The van der Waals surface area contributed by atoms with E-state index in [0.717, 1.165) is 33.3 Å². The van der Waals surface area contributed by atoms with Gasteiger partial charge < -0.3 is 14.6 Å². The van der Waals surface area contributed by atoms with E-state index in [1.54, 1.807) is 18.7 Å². The highest BCUT2D eigenvalue weighted by atomic mass is 32.2. The molecule has 3 rings (SSSR count). The summed E-state index contributed by atoms with van der Waals surface area (Å²) in [5.74, 6) is 1.64. The van der Waals surface area contributed by atoms with E-state index in [1.165, 1.54) is 0 Å². The third-order valence-electron chi connectivity index (χ3n) is 3.32. The van der Waals surface area contributed by atoms with Gasteiger partial charge in [-0.25, -0.2) is 0 Å². The average Bonchev–Trinajstić information content (AvgIpc) is 2.72. The van der Waals surface area contributed by atoms with Crippen LogP contribution in [0.15, 0.2) is 52.3 Å². The van der Waals surface area contributed by atoms with Crippen LogP contribution >= 0.6 is 11.8 Å². The molecule has 0 saturated heterocycles. The summed E-state index contributed by atoms with van der Waals surface area (Å²) in [4.78, 5) is 2.25. The minimum atomic E-state index is -0.429. The number of hydrogen-bond donors (Lipinski definition) is 1. The van der Waals surface area contributed by atoms with Crippen molar-refractivity contribution in [1.82, 2.24) is 0 Å². The lowest BCUT2D eigenvalue weighted by Gasteiger charge is -2.10. The number of benzene rings is 2. The van der Waals surface area contributed by atoms with E-state index >= 15 is 0 Å². The minimum absolute atomic E-state index is 0.429. The zero-order chi connectivity index (χ0) is 14.7. The van der Waals surface area contributed by atoms with Crippen LogP contribution in [0.5, 0.6) is 11.5 Å². The van der Waals surface area contributed by atoms with Gasteiger partial charge in [-0.15, -0.1) is 0 Å². The van der Waals surface area contributed by atoms with Crippen molar-refractivity contribution in [2.24, 2.45) is 0 Å². The second-order valence-electron chi connectivity index (χ2n) is 5.01. The Hall–Kier alpha value is -1.65. The van der Waals surface area contributed by atoms with Gasteiger partial charge in [0.2, 0.25) is 0 Å². The topological polar surface area (TPSA) is 38.7 Å². The molecule has 0 aromatic heterocycles. The van der Waals surface area contributed by atoms with Crippen LogP contribution in [-0.2, 0) is 0 Å². The first-order valence-corrected chi connectivity index (χ1v) is 7.89. The fraction of sp³-hybridized carbons (Fsp3) is 0.294. The summed E-state index contributed by atoms with van der Waals surface area (Å²) in [5.41, 5.74) is 0.929. The summed E-state index contributed by atoms with van der Waals surface area (Å²) in [5, 5.41) is 9.53. The van der Waals surface area contributed by atoms with Gasteiger partial charge in [-0.05, 0) is 42.8 Å². The van der Waals surface area contributed by atoms with E-state index in [-0.39, 0.29) is 0 Å². The van der Waals surface area contributed by atoms with Gasteiger partial charge in [0.25, 0.3) is 0 Å². The van der Waals surface area contributed by atoms with Crippen molar-refractivity contribution in [2.45, 2.75) is 29.2 Å². The fourth-order valence-corrected chi connectivity index (χ4v) is 3.00. The number of fused-ring (bicyclic) bond motifs is 1. The first kappa shape index (κ1) is 14.3. The predicted octanol–water partition coefficient (Wildman–Crippen LogP) is 4.05. The third-order valence-corrected chi connectivity index (χ3v) is 4.31. The predicted molar refractivity (Wildman–Crippen MR) is 83.2 cm³/mol. The Morgan fingerprint density at radius 3 is 2.33 bits per heavy atom. The summed E-state index contributed by atoms with van der Waals surface area (Å²) < 4.78 is 11.3. The molecule has 1 heterocycles. The molecule has 21 heavy (non-hydrogen) atoms. The first-order valence-electron chi connectivity index (χ1n) is 7.08. The van der Waals surface area contributed by atoms with Crippen molar-refractivity contribution in [1.29, 1.82) is 0 Å². The van der Waals surface area contributed by atoms with Crippen LogP contribution in [0, 0.1) is 0 Å². The Balaban J connectivity index is 1.77. The van der Waals surface area contributed by atoms with Gasteiger partial charge in [-0.1, -0.05) is 23.9 Å². The first-order chi connectivity index (χ1) is 10.2. The van der Waals surface area contributed by atoms with Crippen LogP contribution in [0.4, 0.5) is 0 Å². The Kier molecular flexibility index (Phi) is 4.36. The molecule has 0 fully saturated rings. The van der Waals surface area contributed by atoms with Crippen molar-refractivity contribution in [2.75, 3.05) is 13.2 Å². The second-order valence-corrected chi connectivity index (χ2v) is 6.15. The lowest BCUT2D eigenvalue weighted by Crippen LogP contribution is -1.97. The monoisotopic (exact) mass is 302 g/mol. The fourth-order valence-electron chi connectivity index (χ4n) is 2.16. The number of rotatable bonds is 3. The summed E-state index contributed by atoms with van der Waals surface area (Å²) in [6.45, 7) is 3.18. The molecule has 2 aromatic rings. The molecule has 0 bridgehead atoms. The molecule has 0 saturated carbocycles. The van der Waals surface area contributed by atoms with Crippen LogP contribution in [0.25, 0.3) is 0 Å². The zero-order valence-corrected chi connectivity index (χ0v) is 12.7. The molecule has 4 heteroatoms. The van der Waals surface area contributed by atoms with E-state index in [4.69, 9.17) is 9.47 Å². The molecule has 1 N–H and O–H groups in total. The molecule has 1 aliphatic heterocycles. The van der Waals surface area contributed by atoms with Gasteiger partial charge >= 0.3 is 0 Å². The quantitative estimate of drug-likeness (QED) is 0.928. The van der Waals surface area contributed by atoms with Gasteiger partial charge in [-0.3, -0.25) is 0 Å². The number of hydrogen-bond acceptors (Lipinski definition) is 4. The molecule has 0 amide bonds. The van der Waals surface area contributed by atoms with E-state index in [9.17, 15) is 5.11 Å². The van der Waals surface area contributed by atoms with Crippen molar-refractivity contribution in [3.05, 3.63) is 48.0 Å². The van der Waals surface area contributed by atoms with Gasteiger partial charge in [0.05, 0.1) is 19.3 Å². The number of aliphatic hydroxyl groups is 1. The van der Waals surface area contributed by atoms with Crippen molar-refractivity contribution in [3.8, 4) is 11.5 Å². The molecule has 0 radical (unpaired) electrons. The maximum atomic E-state index is 9.53. The SMILES string of the molecule is C[C@H](O)c1ccc(Sc2ccc3c(c2)OCCCO3)cc1. The Labute approximate surface area is 128 Å². The summed E-state index contributed by atoms with van der Waals surface area (Å²) >= 11 is 1.67. The third kappa shape index (κ3) is 3.52. The van der Waals surface area contributed by atoms with E-state index in [0.29, 0.717) is 13.2 Å². The average molecular weight is 302 g/mol. The van der Waals surface area contributed by atoms with E-state index in [2.05, 4.69) is 0 Å². The highest BCUT2D eigenvalue weighted by molar-refractivity contribution is 7.99. The van der Waals surface area contributed by atoms with Crippen LogP contribution < -0.4 is 9.47 Å². The largest absolute Gasteiger partial charge is 0.490 e. The lowest BCUT2D eigenvalue weighted by atomic mass is 10.1. The molecule has 0 unspecified atom stereocenters. The highest BCUT2D eigenvalue weighted by Gasteiger charge is 2.11. The van der Waals surface area contributed by atoms with Crippen LogP contribution in [0.3, 0.4) is 0 Å². The number of aliphatic hydroxyl groups excluding tert-OH is 1. The Morgan fingerprint density at radius 1 is 0.952 bits per heavy atom. The van der Waals surface area contributed by atoms with E-state index < -0.39 is 6.10 Å². The zero-order valence-electron chi connectivity index (χ0n) is 11.9.